The fraction of sp³-hybridized carbons (Fsp3) is 0.444. The number of ketones is 1. The topological polar surface area (TPSA) is 155 Å². The molecule has 0 bridgehead atoms. The Hall–Kier alpha value is -4.69. The smallest absolute Gasteiger partial charge is 0.306 e. The van der Waals surface area contributed by atoms with Crippen molar-refractivity contribution in [3.8, 4) is 23.0 Å². The molecule has 4 aromatic rings. The molecule has 0 amide bonds. The van der Waals surface area contributed by atoms with E-state index in [1.54, 1.807) is 58.3 Å². The predicted octanol–water partition coefficient (Wildman–Crippen LogP) is 6.48. The third kappa shape index (κ3) is 9.94. The van der Waals surface area contributed by atoms with Crippen molar-refractivity contribution in [1.29, 1.82) is 0 Å². The van der Waals surface area contributed by atoms with E-state index in [0.29, 0.717) is 27.5 Å². The second-order valence-electron chi connectivity index (χ2n) is 12.5. The molecule has 0 aliphatic carbocycles. The molecule has 270 valence electrons. The van der Waals surface area contributed by atoms with Crippen molar-refractivity contribution in [2.24, 2.45) is 5.73 Å². The van der Waals surface area contributed by atoms with Gasteiger partial charge in [-0.15, -0.1) is 11.3 Å². The number of Topliss-reactive ketones (excluding diaryl/α,β-unsaturated/α-hetero) is 1. The molecule has 0 aliphatic heterocycles. The third-order valence-corrected chi connectivity index (χ3v) is 8.49. The van der Waals surface area contributed by atoms with Crippen LogP contribution in [0.15, 0.2) is 36.7 Å². The van der Waals surface area contributed by atoms with Gasteiger partial charge in [-0.2, -0.15) is 0 Å². The molecule has 50 heavy (non-hydrogen) atoms. The Morgan fingerprint density at radius 2 is 1.50 bits per heavy atom. The molecular weight excluding hydrogens is 671 g/mol. The molecule has 1 atom stereocenters. The Bertz CT molecular complexity index is 1860. The first-order valence-corrected chi connectivity index (χ1v) is 17.0. The molecule has 0 radical (unpaired) electrons. The molecule has 4 rings (SSSR count). The summed E-state index contributed by atoms with van der Waals surface area (Å²) in [4.78, 5) is 49.8. The number of hydrogen-bond acceptors (Lipinski definition) is 12. The minimum absolute atomic E-state index is 0.00614. The van der Waals surface area contributed by atoms with E-state index in [2.05, 4.69) is 0 Å². The van der Waals surface area contributed by atoms with Crippen LogP contribution in [0.2, 0.25) is 0 Å². The van der Waals surface area contributed by atoms with Gasteiger partial charge in [0.25, 0.3) is 0 Å². The van der Waals surface area contributed by atoms with Crippen LogP contribution in [0.5, 0.6) is 23.0 Å². The average Bonchev–Trinajstić information content (AvgIpc) is 3.70. The number of aromatic nitrogens is 1. The van der Waals surface area contributed by atoms with Gasteiger partial charge in [-0.1, -0.05) is 0 Å². The van der Waals surface area contributed by atoms with Gasteiger partial charge < -0.3 is 34.2 Å². The first kappa shape index (κ1) is 38.1. The minimum Gasteiger partial charge on any atom is -0.493 e. The van der Waals surface area contributed by atoms with Gasteiger partial charge in [0, 0.05) is 65.1 Å². The van der Waals surface area contributed by atoms with Gasteiger partial charge in [0.2, 0.25) is 5.91 Å². The van der Waals surface area contributed by atoms with Crippen molar-refractivity contribution >= 4 is 55.8 Å². The van der Waals surface area contributed by atoms with Crippen LogP contribution < -0.4 is 24.7 Å². The van der Waals surface area contributed by atoms with Gasteiger partial charge in [-0.05, 0) is 45.9 Å². The van der Waals surface area contributed by atoms with E-state index in [1.807, 2.05) is 0 Å². The van der Waals surface area contributed by atoms with E-state index in [9.17, 15) is 19.2 Å². The van der Waals surface area contributed by atoms with E-state index in [1.165, 1.54) is 24.9 Å². The van der Waals surface area contributed by atoms with E-state index < -0.39 is 29.5 Å². The van der Waals surface area contributed by atoms with E-state index in [0.717, 1.165) is 22.1 Å². The molecule has 0 saturated carbocycles. The van der Waals surface area contributed by atoms with E-state index >= 15 is 4.39 Å². The average molecular weight is 715 g/mol. The Labute approximate surface area is 293 Å². The molecule has 12 nitrogen and oxygen atoms in total. The van der Waals surface area contributed by atoms with Crippen molar-refractivity contribution < 1.29 is 52.0 Å². The number of ether oxygens (including phenoxy) is 6. The summed E-state index contributed by atoms with van der Waals surface area (Å²) in [6.07, 6.45) is 3.03. The van der Waals surface area contributed by atoms with Crippen molar-refractivity contribution in [3.63, 3.8) is 0 Å². The lowest BCUT2D eigenvalue weighted by Gasteiger charge is -2.19. The van der Waals surface area contributed by atoms with Crippen LogP contribution in [0.3, 0.4) is 0 Å². The Morgan fingerprint density at radius 1 is 0.860 bits per heavy atom. The van der Waals surface area contributed by atoms with Crippen molar-refractivity contribution in [1.82, 2.24) is 4.57 Å². The number of carbonyl (C=O) groups is 4. The van der Waals surface area contributed by atoms with Gasteiger partial charge in [0.15, 0.2) is 34.6 Å². The monoisotopic (exact) mass is 714 g/mol. The zero-order chi connectivity index (χ0) is 36.6. The maximum atomic E-state index is 15.6. The summed E-state index contributed by atoms with van der Waals surface area (Å²) in [5.74, 6) is -1.21. The Balaban J connectivity index is 1.35. The predicted molar refractivity (Wildman–Crippen MR) is 186 cm³/mol. The maximum Gasteiger partial charge on any atom is 0.306 e. The van der Waals surface area contributed by atoms with Crippen molar-refractivity contribution in [2.45, 2.75) is 71.5 Å². The summed E-state index contributed by atoms with van der Waals surface area (Å²) in [6.45, 7) is 7.45. The molecule has 2 aromatic heterocycles. The fourth-order valence-corrected chi connectivity index (χ4v) is 5.96. The van der Waals surface area contributed by atoms with E-state index in [-0.39, 0.29) is 74.0 Å². The molecule has 2 heterocycles. The van der Waals surface area contributed by atoms with Crippen molar-refractivity contribution in [3.05, 3.63) is 47.4 Å². The number of methoxy groups -OCH3 is 2. The van der Waals surface area contributed by atoms with Crippen molar-refractivity contribution in [2.75, 3.05) is 34.0 Å². The first-order valence-electron chi connectivity index (χ1n) is 16.2. The minimum atomic E-state index is -0.663. The number of thiophene rings is 1. The quantitative estimate of drug-likeness (QED) is 0.0727. The largest absolute Gasteiger partial charge is 0.493 e. The number of hydrogen-bond donors (Lipinski definition) is 1. The number of halogens is 1. The zero-order valence-electron chi connectivity index (χ0n) is 29.1. The number of nitrogens with two attached hydrogens (primary N) is 1. The van der Waals surface area contributed by atoms with Crippen LogP contribution in [0.1, 0.15) is 74.3 Å². The molecule has 0 aliphatic rings. The summed E-state index contributed by atoms with van der Waals surface area (Å²) < 4.78 is 50.6. The van der Waals surface area contributed by atoms with Crippen LogP contribution in [-0.4, -0.2) is 73.9 Å². The number of nitrogens with zero attached hydrogens (tertiary/aromatic N) is 1. The van der Waals surface area contributed by atoms with Crippen LogP contribution in [0.25, 0.3) is 20.9 Å². The molecule has 2 N–H and O–H groups in total. The normalized spacial score (nSPS) is 12.1. The second-order valence-corrected chi connectivity index (χ2v) is 13.6. The Morgan fingerprint density at radius 3 is 2.14 bits per heavy atom. The van der Waals surface area contributed by atoms with Crippen LogP contribution in [-0.2, 0) is 19.1 Å². The molecular formula is C36H43FN2O10S. The highest BCUT2D eigenvalue weighted by Gasteiger charge is 2.22. The zero-order valence-corrected chi connectivity index (χ0v) is 29.9. The summed E-state index contributed by atoms with van der Waals surface area (Å²) in [5, 5.41) is 1.69. The standard InChI is InChI=1S/C36H43FN2O10S/c1-21(18-38)48-32(42)10-8-25(40)30-16-24-29(50-30)17-28(45-6)35(34(24)37)47-13-7-12-46-27-15-23-20-39(19-22(23)14-26(27)44-5)31(41)9-11-33(43)49-36(2,3)4/h14-17,19-21H,7-13,18,38H2,1-6H3/t21-/m0/s1. The molecule has 0 fully saturated rings. The van der Waals surface area contributed by atoms with Gasteiger partial charge in [0.05, 0.1) is 45.2 Å². The van der Waals surface area contributed by atoms with Gasteiger partial charge in [0.1, 0.15) is 11.7 Å². The number of rotatable bonds is 17. The van der Waals surface area contributed by atoms with Gasteiger partial charge in [-0.3, -0.25) is 23.7 Å². The number of fused-ring (bicyclic) bond motifs is 2. The molecule has 2 aromatic carbocycles. The summed E-state index contributed by atoms with van der Waals surface area (Å²) in [6, 6.07) is 6.56. The summed E-state index contributed by atoms with van der Waals surface area (Å²) in [5.41, 5.74) is 4.84. The number of benzene rings is 2. The molecule has 0 saturated heterocycles. The fourth-order valence-electron chi connectivity index (χ4n) is 4.91. The molecule has 0 spiro atoms. The SMILES string of the molecule is COc1cc2cn(C(=O)CCC(=O)OC(C)(C)C)cc2cc1OCCCOc1c(OC)cc2sc(C(=O)CCC(=O)O[C@@H](C)CN)cc2c1F. The lowest BCUT2D eigenvalue weighted by molar-refractivity contribution is -0.154. The number of carbonyl (C=O) groups excluding carboxylic acids is 4. The Kier molecular flexibility index (Phi) is 12.8. The highest BCUT2D eigenvalue weighted by molar-refractivity contribution is 7.20. The van der Waals surface area contributed by atoms with Crippen LogP contribution in [0, 0.1) is 5.82 Å². The highest BCUT2D eigenvalue weighted by atomic mass is 32.1. The lowest BCUT2D eigenvalue weighted by atomic mass is 10.1. The number of esters is 2. The molecule has 14 heteroatoms. The highest BCUT2D eigenvalue weighted by Crippen LogP contribution is 2.40. The van der Waals surface area contributed by atoms with Gasteiger partial charge >= 0.3 is 11.9 Å². The lowest BCUT2D eigenvalue weighted by Crippen LogP contribution is -2.24. The summed E-state index contributed by atoms with van der Waals surface area (Å²) >= 11 is 1.10. The first-order chi connectivity index (χ1) is 23.7. The summed E-state index contributed by atoms with van der Waals surface area (Å²) in [7, 11) is 2.90. The van der Waals surface area contributed by atoms with Crippen LogP contribution >= 0.6 is 11.3 Å². The molecule has 0 unspecified atom stereocenters. The third-order valence-electron chi connectivity index (χ3n) is 7.37. The second kappa shape index (κ2) is 16.8. The van der Waals surface area contributed by atoms with E-state index in [4.69, 9.17) is 34.2 Å². The van der Waals surface area contributed by atoms with Gasteiger partial charge in [-0.25, -0.2) is 4.39 Å². The van der Waals surface area contributed by atoms with Crippen LogP contribution in [0.4, 0.5) is 4.39 Å². The maximum absolute atomic E-state index is 15.6.